The number of aromatic nitrogens is 3. The van der Waals surface area contributed by atoms with Gasteiger partial charge in [0.15, 0.2) is 5.82 Å². The molecule has 0 unspecified atom stereocenters. The average Bonchev–Trinajstić information content (AvgIpc) is 3.40. The molecule has 0 spiro atoms. The Bertz CT molecular complexity index is 1040. The van der Waals surface area contributed by atoms with Gasteiger partial charge < -0.3 is 4.90 Å². The van der Waals surface area contributed by atoms with Crippen molar-refractivity contribution in [2.24, 2.45) is 0 Å². The Morgan fingerprint density at radius 3 is 2.59 bits per heavy atom. The van der Waals surface area contributed by atoms with Gasteiger partial charge in [-0.25, -0.2) is 4.98 Å². The molecule has 0 atom stereocenters. The van der Waals surface area contributed by atoms with Gasteiger partial charge in [0.2, 0.25) is 0 Å². The van der Waals surface area contributed by atoms with Crippen molar-refractivity contribution in [2.75, 3.05) is 11.9 Å². The van der Waals surface area contributed by atoms with E-state index in [4.69, 9.17) is 0 Å². The van der Waals surface area contributed by atoms with Crippen LogP contribution in [0.2, 0.25) is 0 Å². The van der Waals surface area contributed by atoms with Crippen LogP contribution >= 0.6 is 11.3 Å². The highest BCUT2D eigenvalue weighted by molar-refractivity contribution is 7.12. The van der Waals surface area contributed by atoms with Gasteiger partial charge in [-0.2, -0.15) is 5.10 Å². The van der Waals surface area contributed by atoms with E-state index in [2.05, 4.69) is 27.3 Å². The summed E-state index contributed by atoms with van der Waals surface area (Å²) in [5, 5.41) is 9.29. The number of nitrogens with zero attached hydrogens (tertiary/aromatic N) is 3. The SMILES string of the molecule is CN(C(=O)c1cccs1)c1ccccc1-c1n[nH]c(Cc2ccccc2)n1. The maximum Gasteiger partial charge on any atom is 0.268 e. The Morgan fingerprint density at radius 2 is 1.81 bits per heavy atom. The van der Waals surface area contributed by atoms with Crippen molar-refractivity contribution in [2.45, 2.75) is 6.42 Å². The Labute approximate surface area is 161 Å². The Kier molecular flexibility index (Phi) is 4.80. The highest BCUT2D eigenvalue weighted by atomic mass is 32.1. The molecule has 0 fully saturated rings. The van der Waals surface area contributed by atoms with E-state index >= 15 is 0 Å². The molecule has 0 bridgehead atoms. The lowest BCUT2D eigenvalue weighted by atomic mass is 10.1. The molecule has 134 valence electrons. The van der Waals surface area contributed by atoms with Crippen molar-refractivity contribution in [3.63, 3.8) is 0 Å². The molecule has 0 saturated heterocycles. The average molecular weight is 374 g/mol. The first-order valence-corrected chi connectivity index (χ1v) is 9.46. The summed E-state index contributed by atoms with van der Waals surface area (Å²) in [5.74, 6) is 1.33. The van der Waals surface area contributed by atoms with Gasteiger partial charge in [0, 0.05) is 19.0 Å². The molecule has 0 aliphatic heterocycles. The van der Waals surface area contributed by atoms with E-state index < -0.39 is 0 Å². The van der Waals surface area contributed by atoms with E-state index in [0.717, 1.165) is 17.1 Å². The number of hydrogen-bond acceptors (Lipinski definition) is 4. The Hall–Kier alpha value is -3.25. The molecule has 2 aromatic carbocycles. The summed E-state index contributed by atoms with van der Waals surface area (Å²) < 4.78 is 0. The van der Waals surface area contributed by atoms with Crippen LogP contribution in [0.15, 0.2) is 72.1 Å². The van der Waals surface area contributed by atoms with Gasteiger partial charge >= 0.3 is 0 Å². The van der Waals surface area contributed by atoms with Gasteiger partial charge in [-0.1, -0.05) is 48.5 Å². The van der Waals surface area contributed by atoms with Gasteiger partial charge in [-0.05, 0) is 29.1 Å². The third-order valence-corrected chi connectivity index (χ3v) is 5.15. The molecule has 1 N–H and O–H groups in total. The smallest absolute Gasteiger partial charge is 0.268 e. The van der Waals surface area contributed by atoms with Crippen molar-refractivity contribution in [1.82, 2.24) is 15.2 Å². The van der Waals surface area contributed by atoms with E-state index in [-0.39, 0.29) is 5.91 Å². The van der Waals surface area contributed by atoms with Crippen LogP contribution in [-0.4, -0.2) is 28.1 Å². The fraction of sp³-hybridized carbons (Fsp3) is 0.0952. The lowest BCUT2D eigenvalue weighted by Gasteiger charge is -2.19. The summed E-state index contributed by atoms with van der Waals surface area (Å²) >= 11 is 1.43. The van der Waals surface area contributed by atoms with Crippen LogP contribution in [0.1, 0.15) is 21.1 Å². The molecule has 0 aliphatic carbocycles. The summed E-state index contributed by atoms with van der Waals surface area (Å²) in [5.41, 5.74) is 2.76. The van der Waals surface area contributed by atoms with Crippen molar-refractivity contribution in [3.8, 4) is 11.4 Å². The zero-order valence-corrected chi connectivity index (χ0v) is 15.6. The molecule has 27 heavy (non-hydrogen) atoms. The minimum Gasteiger partial charge on any atom is -0.310 e. The third-order valence-electron chi connectivity index (χ3n) is 4.29. The molecule has 2 heterocycles. The molecule has 0 aliphatic rings. The highest BCUT2D eigenvalue weighted by Gasteiger charge is 2.19. The van der Waals surface area contributed by atoms with Crippen molar-refractivity contribution in [3.05, 3.63) is 88.4 Å². The van der Waals surface area contributed by atoms with Crippen LogP contribution in [0.4, 0.5) is 5.69 Å². The van der Waals surface area contributed by atoms with Crippen molar-refractivity contribution < 1.29 is 4.79 Å². The van der Waals surface area contributed by atoms with E-state index in [1.807, 2.05) is 60.0 Å². The molecule has 0 radical (unpaired) electrons. The molecule has 4 rings (SSSR count). The summed E-state index contributed by atoms with van der Waals surface area (Å²) in [4.78, 5) is 19.7. The number of anilines is 1. The number of para-hydroxylation sites is 1. The molecular formula is C21H18N4OS. The maximum atomic E-state index is 12.7. The van der Waals surface area contributed by atoms with E-state index in [9.17, 15) is 4.79 Å². The number of nitrogens with one attached hydrogen (secondary N) is 1. The number of thiophene rings is 1. The van der Waals surface area contributed by atoms with Crippen molar-refractivity contribution >= 4 is 22.9 Å². The third kappa shape index (κ3) is 3.66. The van der Waals surface area contributed by atoms with Gasteiger partial charge in [0.1, 0.15) is 5.82 Å². The zero-order valence-electron chi connectivity index (χ0n) is 14.8. The van der Waals surface area contributed by atoms with E-state index in [0.29, 0.717) is 17.1 Å². The van der Waals surface area contributed by atoms with Gasteiger partial charge in [0.25, 0.3) is 5.91 Å². The number of hydrogen-bond donors (Lipinski definition) is 1. The standard InChI is InChI=1S/C21H18N4OS/c1-25(21(26)18-12-7-13-27-18)17-11-6-5-10-16(17)20-22-19(23-24-20)14-15-8-3-2-4-9-15/h2-13H,14H2,1H3,(H,22,23,24). The molecule has 5 nitrogen and oxygen atoms in total. The van der Waals surface area contributed by atoms with Gasteiger partial charge in [0.05, 0.1) is 10.6 Å². The lowest BCUT2D eigenvalue weighted by Crippen LogP contribution is -2.26. The van der Waals surface area contributed by atoms with E-state index in [1.54, 1.807) is 11.9 Å². The predicted molar refractivity (Wildman–Crippen MR) is 108 cm³/mol. The summed E-state index contributed by atoms with van der Waals surface area (Å²) in [6, 6.07) is 21.5. The second-order valence-electron chi connectivity index (χ2n) is 6.13. The summed E-state index contributed by atoms with van der Waals surface area (Å²) in [6.07, 6.45) is 0.681. The predicted octanol–water partition coefficient (Wildman–Crippen LogP) is 4.40. The second kappa shape index (κ2) is 7.55. The largest absolute Gasteiger partial charge is 0.310 e. The normalized spacial score (nSPS) is 10.7. The van der Waals surface area contributed by atoms with Crippen LogP contribution in [0, 0.1) is 0 Å². The minimum absolute atomic E-state index is 0.0440. The molecule has 4 aromatic rings. The number of carbonyl (C=O) groups excluding carboxylic acids is 1. The minimum atomic E-state index is -0.0440. The molecular weight excluding hydrogens is 356 g/mol. The maximum absolute atomic E-state index is 12.7. The topological polar surface area (TPSA) is 61.9 Å². The highest BCUT2D eigenvalue weighted by Crippen LogP contribution is 2.29. The monoisotopic (exact) mass is 374 g/mol. The zero-order chi connectivity index (χ0) is 18.6. The number of amides is 1. The van der Waals surface area contributed by atoms with Crippen LogP contribution in [0.5, 0.6) is 0 Å². The number of benzene rings is 2. The fourth-order valence-electron chi connectivity index (χ4n) is 2.91. The van der Waals surface area contributed by atoms with Gasteiger partial charge in [-0.3, -0.25) is 9.89 Å². The number of carbonyl (C=O) groups is 1. The summed E-state index contributed by atoms with van der Waals surface area (Å²) in [6.45, 7) is 0. The first-order chi connectivity index (χ1) is 13.2. The number of aromatic amines is 1. The van der Waals surface area contributed by atoms with Crippen LogP contribution < -0.4 is 4.90 Å². The quantitative estimate of drug-likeness (QED) is 0.563. The number of rotatable bonds is 5. The van der Waals surface area contributed by atoms with Crippen LogP contribution in [0.3, 0.4) is 0 Å². The molecule has 1 amide bonds. The van der Waals surface area contributed by atoms with E-state index in [1.165, 1.54) is 16.9 Å². The van der Waals surface area contributed by atoms with Crippen LogP contribution in [-0.2, 0) is 6.42 Å². The first kappa shape index (κ1) is 17.2. The Morgan fingerprint density at radius 1 is 1.04 bits per heavy atom. The number of H-pyrrole nitrogens is 1. The lowest BCUT2D eigenvalue weighted by molar-refractivity contribution is 0.0997. The summed E-state index contributed by atoms with van der Waals surface area (Å²) in [7, 11) is 1.78. The van der Waals surface area contributed by atoms with Gasteiger partial charge in [-0.15, -0.1) is 11.3 Å². The fourth-order valence-corrected chi connectivity index (χ4v) is 3.61. The molecule has 6 heteroatoms. The van der Waals surface area contributed by atoms with Crippen molar-refractivity contribution in [1.29, 1.82) is 0 Å². The molecule has 0 saturated carbocycles. The Balaban J connectivity index is 1.62. The van der Waals surface area contributed by atoms with Crippen LogP contribution in [0.25, 0.3) is 11.4 Å². The second-order valence-corrected chi connectivity index (χ2v) is 7.07. The molecule has 2 aromatic heterocycles. The first-order valence-electron chi connectivity index (χ1n) is 8.58.